The van der Waals surface area contributed by atoms with Crippen molar-refractivity contribution in [1.82, 2.24) is 9.78 Å². The van der Waals surface area contributed by atoms with Crippen molar-refractivity contribution in [2.45, 2.75) is 18.4 Å². The van der Waals surface area contributed by atoms with Crippen LogP contribution in [0.15, 0.2) is 59.8 Å². The standard InChI is InChI=1S/C19H18ClN3OS/c1-13-4-3-5-14(8-13)11-23-12-15(10-21-23)22-19(24)17-9-16(25-2)6-7-18(17)20/h3-10,12H,11H2,1-2H3,(H,22,24). The number of nitrogens with one attached hydrogen (secondary N) is 1. The second kappa shape index (κ2) is 7.76. The molecule has 0 spiro atoms. The molecule has 3 aromatic rings. The molecule has 0 unspecified atom stereocenters. The lowest BCUT2D eigenvalue weighted by atomic mass is 10.1. The van der Waals surface area contributed by atoms with E-state index in [-0.39, 0.29) is 5.91 Å². The molecule has 2 aromatic carbocycles. The summed E-state index contributed by atoms with van der Waals surface area (Å²) in [4.78, 5) is 13.5. The van der Waals surface area contributed by atoms with Crippen molar-refractivity contribution >= 4 is 35.0 Å². The average Bonchev–Trinajstić information content (AvgIpc) is 3.02. The molecular formula is C19H18ClN3OS. The predicted molar refractivity (Wildman–Crippen MR) is 104 cm³/mol. The van der Waals surface area contributed by atoms with E-state index in [1.165, 1.54) is 5.56 Å². The summed E-state index contributed by atoms with van der Waals surface area (Å²) in [5, 5.41) is 7.59. The minimum atomic E-state index is -0.240. The van der Waals surface area contributed by atoms with Crippen molar-refractivity contribution < 1.29 is 4.79 Å². The Bertz CT molecular complexity index is 907. The highest BCUT2D eigenvalue weighted by molar-refractivity contribution is 7.98. The van der Waals surface area contributed by atoms with Crippen molar-refractivity contribution in [3.63, 3.8) is 0 Å². The summed E-state index contributed by atoms with van der Waals surface area (Å²) in [7, 11) is 0. The van der Waals surface area contributed by atoms with Gasteiger partial charge in [0.05, 0.1) is 29.0 Å². The molecular weight excluding hydrogens is 354 g/mol. The quantitative estimate of drug-likeness (QED) is 0.651. The molecule has 0 saturated heterocycles. The number of anilines is 1. The van der Waals surface area contributed by atoms with Crippen LogP contribution in [-0.4, -0.2) is 21.9 Å². The van der Waals surface area contributed by atoms with E-state index in [9.17, 15) is 4.79 Å². The van der Waals surface area contributed by atoms with Gasteiger partial charge >= 0.3 is 0 Å². The van der Waals surface area contributed by atoms with E-state index in [4.69, 9.17) is 11.6 Å². The first-order valence-corrected chi connectivity index (χ1v) is 9.38. The van der Waals surface area contributed by atoms with Crippen LogP contribution in [0.2, 0.25) is 5.02 Å². The third-order valence-corrected chi connectivity index (χ3v) is 4.79. The number of amides is 1. The van der Waals surface area contributed by atoms with Gasteiger partial charge in [0.2, 0.25) is 0 Å². The lowest BCUT2D eigenvalue weighted by Crippen LogP contribution is -2.12. The summed E-state index contributed by atoms with van der Waals surface area (Å²) in [6.07, 6.45) is 5.41. The maximum atomic E-state index is 12.5. The number of halogens is 1. The Morgan fingerprint density at radius 3 is 2.88 bits per heavy atom. The van der Waals surface area contributed by atoms with Crippen molar-refractivity contribution in [3.8, 4) is 0 Å². The molecule has 25 heavy (non-hydrogen) atoms. The number of hydrogen-bond acceptors (Lipinski definition) is 3. The molecule has 1 heterocycles. The molecule has 3 rings (SSSR count). The first-order chi connectivity index (χ1) is 12.0. The Labute approximate surface area is 156 Å². The molecule has 0 radical (unpaired) electrons. The van der Waals surface area contributed by atoms with Crippen molar-refractivity contribution in [2.24, 2.45) is 0 Å². The van der Waals surface area contributed by atoms with Gasteiger partial charge in [0, 0.05) is 11.1 Å². The second-order valence-electron chi connectivity index (χ2n) is 5.72. The fraction of sp³-hybridized carbons (Fsp3) is 0.158. The molecule has 0 bridgehead atoms. The highest BCUT2D eigenvalue weighted by Crippen LogP contribution is 2.24. The molecule has 0 aliphatic heterocycles. The van der Waals surface area contributed by atoms with Crippen molar-refractivity contribution in [2.75, 3.05) is 11.6 Å². The van der Waals surface area contributed by atoms with Gasteiger partial charge in [-0.2, -0.15) is 5.10 Å². The monoisotopic (exact) mass is 371 g/mol. The summed E-state index contributed by atoms with van der Waals surface area (Å²) in [5.74, 6) is -0.240. The van der Waals surface area contributed by atoms with Crippen LogP contribution in [0, 0.1) is 6.92 Å². The van der Waals surface area contributed by atoms with Gasteiger partial charge in [0.15, 0.2) is 0 Å². The van der Waals surface area contributed by atoms with Crippen LogP contribution in [0.1, 0.15) is 21.5 Å². The van der Waals surface area contributed by atoms with E-state index in [0.29, 0.717) is 22.8 Å². The number of carbonyl (C=O) groups excluding carboxylic acids is 1. The fourth-order valence-electron chi connectivity index (χ4n) is 2.52. The van der Waals surface area contributed by atoms with Crippen LogP contribution in [-0.2, 0) is 6.54 Å². The highest BCUT2D eigenvalue weighted by atomic mass is 35.5. The van der Waals surface area contributed by atoms with Crippen molar-refractivity contribution in [3.05, 3.63) is 76.6 Å². The van der Waals surface area contributed by atoms with E-state index in [0.717, 1.165) is 10.5 Å². The Kier molecular flexibility index (Phi) is 5.46. The summed E-state index contributed by atoms with van der Waals surface area (Å²) in [6.45, 7) is 2.71. The number of aryl methyl sites for hydroxylation is 1. The van der Waals surface area contributed by atoms with Crippen LogP contribution in [0.3, 0.4) is 0 Å². The molecule has 0 aliphatic carbocycles. The van der Waals surface area contributed by atoms with Crippen molar-refractivity contribution in [1.29, 1.82) is 0 Å². The Morgan fingerprint density at radius 2 is 2.12 bits per heavy atom. The van der Waals surface area contributed by atoms with E-state index in [1.807, 2.05) is 24.6 Å². The second-order valence-corrected chi connectivity index (χ2v) is 7.00. The van der Waals surface area contributed by atoms with Crippen LogP contribution < -0.4 is 5.32 Å². The molecule has 6 heteroatoms. The SMILES string of the molecule is CSc1ccc(Cl)c(C(=O)Nc2cnn(Cc3cccc(C)c3)c2)c1. The highest BCUT2D eigenvalue weighted by Gasteiger charge is 2.12. The third kappa shape index (κ3) is 4.44. The predicted octanol–water partition coefficient (Wildman–Crippen LogP) is 4.87. The van der Waals surface area contributed by atoms with E-state index < -0.39 is 0 Å². The summed E-state index contributed by atoms with van der Waals surface area (Å²) in [6, 6.07) is 13.7. The fourth-order valence-corrected chi connectivity index (χ4v) is 3.16. The Morgan fingerprint density at radius 1 is 1.28 bits per heavy atom. The van der Waals surface area contributed by atoms with Gasteiger partial charge in [-0.25, -0.2) is 0 Å². The van der Waals surface area contributed by atoms with Gasteiger partial charge in [-0.1, -0.05) is 41.4 Å². The smallest absolute Gasteiger partial charge is 0.257 e. The normalized spacial score (nSPS) is 10.7. The first-order valence-electron chi connectivity index (χ1n) is 7.78. The summed E-state index contributed by atoms with van der Waals surface area (Å²) in [5.41, 5.74) is 3.47. The topological polar surface area (TPSA) is 46.9 Å². The summed E-state index contributed by atoms with van der Waals surface area (Å²) < 4.78 is 1.80. The lowest BCUT2D eigenvalue weighted by Gasteiger charge is -2.06. The molecule has 0 atom stereocenters. The van der Waals surface area contributed by atoms with Gasteiger partial charge in [-0.05, 0) is 36.9 Å². The van der Waals surface area contributed by atoms with Gasteiger partial charge < -0.3 is 5.32 Å². The van der Waals surface area contributed by atoms with Gasteiger partial charge in [-0.15, -0.1) is 11.8 Å². The molecule has 1 aromatic heterocycles. The number of nitrogens with zero attached hydrogens (tertiary/aromatic N) is 2. The van der Waals surface area contributed by atoms with Crippen LogP contribution in [0.5, 0.6) is 0 Å². The van der Waals surface area contributed by atoms with E-state index >= 15 is 0 Å². The van der Waals surface area contributed by atoms with Crippen LogP contribution in [0.25, 0.3) is 0 Å². The first kappa shape index (κ1) is 17.6. The average molecular weight is 372 g/mol. The zero-order chi connectivity index (χ0) is 17.8. The lowest BCUT2D eigenvalue weighted by molar-refractivity contribution is 0.102. The molecule has 1 N–H and O–H groups in total. The van der Waals surface area contributed by atoms with E-state index in [2.05, 4.69) is 35.5 Å². The molecule has 128 valence electrons. The van der Waals surface area contributed by atoms with Crippen LogP contribution >= 0.6 is 23.4 Å². The third-order valence-electron chi connectivity index (χ3n) is 3.74. The minimum absolute atomic E-state index is 0.240. The van der Waals surface area contributed by atoms with E-state index in [1.54, 1.807) is 34.8 Å². The largest absolute Gasteiger partial charge is 0.319 e. The zero-order valence-corrected chi connectivity index (χ0v) is 15.6. The van der Waals surface area contributed by atoms with Gasteiger partial charge in [0.1, 0.15) is 0 Å². The molecule has 0 aliphatic rings. The Hall–Kier alpha value is -2.24. The van der Waals surface area contributed by atoms with Gasteiger partial charge in [-0.3, -0.25) is 9.48 Å². The zero-order valence-electron chi connectivity index (χ0n) is 14.0. The molecule has 0 fully saturated rings. The molecule has 0 saturated carbocycles. The molecule has 4 nitrogen and oxygen atoms in total. The molecule has 1 amide bonds. The van der Waals surface area contributed by atoms with Crippen LogP contribution in [0.4, 0.5) is 5.69 Å². The number of benzene rings is 2. The number of thioether (sulfide) groups is 1. The number of hydrogen-bond donors (Lipinski definition) is 1. The number of rotatable bonds is 5. The van der Waals surface area contributed by atoms with Gasteiger partial charge in [0.25, 0.3) is 5.91 Å². The minimum Gasteiger partial charge on any atom is -0.319 e. The Balaban J connectivity index is 1.72. The maximum absolute atomic E-state index is 12.5. The number of carbonyl (C=O) groups is 1. The summed E-state index contributed by atoms with van der Waals surface area (Å²) >= 11 is 7.72. The number of aromatic nitrogens is 2. The maximum Gasteiger partial charge on any atom is 0.257 e.